The number of hydrogen-bond donors (Lipinski definition) is 3. The fourth-order valence-corrected chi connectivity index (χ4v) is 1.90. The van der Waals surface area contributed by atoms with Crippen LogP contribution in [0.5, 0.6) is 0 Å². The predicted octanol–water partition coefficient (Wildman–Crippen LogP) is 0.735. The number of rotatable bonds is 2. The highest BCUT2D eigenvalue weighted by atomic mass is 16.4. The monoisotopic (exact) mass is 264 g/mol. The number of piperidine rings is 1. The Labute approximate surface area is 110 Å². The van der Waals surface area contributed by atoms with Gasteiger partial charge in [-0.05, 0) is 25.0 Å². The third-order valence-electron chi connectivity index (χ3n) is 3.06. The summed E-state index contributed by atoms with van der Waals surface area (Å²) >= 11 is 0. The van der Waals surface area contributed by atoms with E-state index < -0.39 is 5.97 Å². The summed E-state index contributed by atoms with van der Waals surface area (Å²) in [6, 6.07) is 2.83. The Balaban J connectivity index is 1.93. The lowest BCUT2D eigenvalue weighted by atomic mass is 10.1. The Kier molecular flexibility index (Phi) is 3.96. The fraction of sp³-hybridized carbons (Fsp3) is 0.417. The van der Waals surface area contributed by atoms with Crippen LogP contribution >= 0.6 is 0 Å². The first-order chi connectivity index (χ1) is 9.06. The van der Waals surface area contributed by atoms with Crippen molar-refractivity contribution in [3.8, 4) is 0 Å². The number of nitrogens with zero attached hydrogens (tertiary/aromatic N) is 2. The maximum Gasteiger partial charge on any atom is 0.354 e. The van der Waals surface area contributed by atoms with E-state index in [1.165, 1.54) is 18.3 Å². The van der Waals surface area contributed by atoms with Crippen molar-refractivity contribution in [1.82, 2.24) is 9.88 Å². The van der Waals surface area contributed by atoms with Gasteiger partial charge in [0.1, 0.15) is 5.69 Å². The quantitative estimate of drug-likeness (QED) is 0.729. The van der Waals surface area contributed by atoms with Crippen LogP contribution in [-0.4, -0.2) is 46.1 Å². The van der Waals surface area contributed by atoms with Gasteiger partial charge in [-0.15, -0.1) is 0 Å². The van der Waals surface area contributed by atoms with Crippen molar-refractivity contribution in [2.75, 3.05) is 18.4 Å². The lowest BCUT2D eigenvalue weighted by molar-refractivity contribution is 0.0690. The number of carbonyl (C=O) groups is 2. The van der Waals surface area contributed by atoms with Gasteiger partial charge in [0.25, 0.3) is 0 Å². The molecule has 1 aromatic heterocycles. The Morgan fingerprint density at radius 1 is 1.37 bits per heavy atom. The molecular weight excluding hydrogens is 248 g/mol. The van der Waals surface area contributed by atoms with Gasteiger partial charge in [0, 0.05) is 19.1 Å². The number of pyridine rings is 1. The van der Waals surface area contributed by atoms with E-state index in [1.54, 1.807) is 4.90 Å². The van der Waals surface area contributed by atoms with Crippen molar-refractivity contribution in [1.29, 1.82) is 0 Å². The highest BCUT2D eigenvalue weighted by Gasteiger charge is 2.20. The maximum atomic E-state index is 11.9. The van der Waals surface area contributed by atoms with Crippen molar-refractivity contribution >= 4 is 17.7 Å². The highest BCUT2D eigenvalue weighted by Crippen LogP contribution is 2.12. The van der Waals surface area contributed by atoms with Gasteiger partial charge in [-0.3, -0.25) is 0 Å². The lowest BCUT2D eigenvalue weighted by Crippen LogP contribution is -2.44. The minimum atomic E-state index is -1.09. The van der Waals surface area contributed by atoms with E-state index >= 15 is 0 Å². The summed E-state index contributed by atoms with van der Waals surface area (Å²) in [5.41, 5.74) is 6.19. The van der Waals surface area contributed by atoms with Crippen molar-refractivity contribution < 1.29 is 14.7 Å². The number of nitrogens with two attached hydrogens (primary N) is 1. The van der Waals surface area contributed by atoms with Gasteiger partial charge in [0.05, 0.1) is 11.9 Å². The van der Waals surface area contributed by atoms with E-state index in [1.807, 2.05) is 0 Å². The Morgan fingerprint density at radius 2 is 2.05 bits per heavy atom. The summed E-state index contributed by atoms with van der Waals surface area (Å²) in [7, 11) is 0. The van der Waals surface area contributed by atoms with Gasteiger partial charge in [0.15, 0.2) is 0 Å². The van der Waals surface area contributed by atoms with Crippen molar-refractivity contribution in [2.45, 2.75) is 18.9 Å². The second-order valence-corrected chi connectivity index (χ2v) is 4.49. The molecular formula is C12H16N4O3. The third-order valence-corrected chi connectivity index (χ3v) is 3.06. The molecule has 1 aromatic rings. The van der Waals surface area contributed by atoms with Crippen LogP contribution in [0.3, 0.4) is 0 Å². The number of hydrogen-bond acceptors (Lipinski definition) is 4. The molecule has 1 aliphatic rings. The number of nitrogens with one attached hydrogen (secondary N) is 1. The van der Waals surface area contributed by atoms with E-state index in [-0.39, 0.29) is 17.8 Å². The molecule has 7 heteroatoms. The van der Waals surface area contributed by atoms with Crippen LogP contribution in [0.15, 0.2) is 18.3 Å². The largest absolute Gasteiger partial charge is 0.477 e. The molecule has 7 nitrogen and oxygen atoms in total. The number of likely N-dealkylation sites (tertiary alicyclic amines) is 1. The first kappa shape index (κ1) is 13.3. The van der Waals surface area contributed by atoms with E-state index in [9.17, 15) is 9.59 Å². The van der Waals surface area contributed by atoms with Gasteiger partial charge < -0.3 is 21.1 Å². The number of amides is 2. The van der Waals surface area contributed by atoms with Crippen LogP contribution in [0.25, 0.3) is 0 Å². The maximum absolute atomic E-state index is 11.9. The number of aromatic nitrogens is 1. The topological polar surface area (TPSA) is 109 Å². The standard InChI is InChI=1S/C12H16N4O3/c13-8-3-5-16(6-4-8)12(19)15-9-1-2-10(11(17)18)14-7-9/h1-2,7-8H,3-6,13H2,(H,15,19)(H,17,18). The molecule has 0 aromatic carbocycles. The molecule has 0 atom stereocenters. The normalized spacial score (nSPS) is 16.2. The molecule has 0 bridgehead atoms. The summed E-state index contributed by atoms with van der Waals surface area (Å²) in [4.78, 5) is 28.0. The van der Waals surface area contributed by atoms with Crippen molar-refractivity contribution in [3.63, 3.8) is 0 Å². The van der Waals surface area contributed by atoms with Crippen LogP contribution in [0.4, 0.5) is 10.5 Å². The van der Waals surface area contributed by atoms with E-state index in [4.69, 9.17) is 10.8 Å². The molecule has 1 fully saturated rings. The number of carboxylic acids is 1. The van der Waals surface area contributed by atoms with Gasteiger partial charge in [-0.25, -0.2) is 14.6 Å². The molecule has 4 N–H and O–H groups in total. The first-order valence-corrected chi connectivity index (χ1v) is 6.07. The molecule has 1 aliphatic heterocycles. The van der Waals surface area contributed by atoms with Crippen LogP contribution in [0.1, 0.15) is 23.3 Å². The Hall–Kier alpha value is -2.15. The molecule has 2 rings (SSSR count). The number of carboxylic acid groups (broad SMARTS) is 1. The molecule has 0 aliphatic carbocycles. The molecule has 2 heterocycles. The van der Waals surface area contributed by atoms with E-state index in [0.29, 0.717) is 18.8 Å². The van der Waals surface area contributed by atoms with E-state index in [2.05, 4.69) is 10.3 Å². The Bertz CT molecular complexity index is 466. The van der Waals surface area contributed by atoms with Gasteiger partial charge in [-0.2, -0.15) is 0 Å². The first-order valence-electron chi connectivity index (χ1n) is 6.07. The number of anilines is 1. The zero-order valence-corrected chi connectivity index (χ0v) is 10.4. The zero-order chi connectivity index (χ0) is 13.8. The predicted molar refractivity (Wildman–Crippen MR) is 69.0 cm³/mol. The third kappa shape index (κ3) is 3.41. The van der Waals surface area contributed by atoms with E-state index in [0.717, 1.165) is 12.8 Å². The van der Waals surface area contributed by atoms with Gasteiger partial charge >= 0.3 is 12.0 Å². The second-order valence-electron chi connectivity index (χ2n) is 4.49. The lowest BCUT2D eigenvalue weighted by Gasteiger charge is -2.30. The van der Waals surface area contributed by atoms with Gasteiger partial charge in [0.2, 0.25) is 0 Å². The zero-order valence-electron chi connectivity index (χ0n) is 10.4. The summed E-state index contributed by atoms with van der Waals surface area (Å²) < 4.78 is 0. The smallest absolute Gasteiger partial charge is 0.354 e. The summed E-state index contributed by atoms with van der Waals surface area (Å²) in [5, 5.41) is 11.4. The van der Waals surface area contributed by atoms with Gasteiger partial charge in [-0.1, -0.05) is 0 Å². The summed E-state index contributed by atoms with van der Waals surface area (Å²) in [6.07, 6.45) is 2.92. The SMILES string of the molecule is NC1CCN(C(=O)Nc2ccc(C(=O)O)nc2)CC1. The molecule has 0 radical (unpaired) electrons. The highest BCUT2D eigenvalue weighted by molar-refractivity contribution is 5.90. The molecule has 0 unspecified atom stereocenters. The minimum absolute atomic E-state index is 0.0538. The second kappa shape index (κ2) is 5.66. The summed E-state index contributed by atoms with van der Waals surface area (Å²) in [6.45, 7) is 1.27. The van der Waals surface area contributed by atoms with Crippen molar-refractivity contribution in [2.24, 2.45) is 5.73 Å². The average molecular weight is 264 g/mol. The molecule has 1 saturated heterocycles. The molecule has 102 valence electrons. The molecule has 2 amide bonds. The Morgan fingerprint density at radius 3 is 2.58 bits per heavy atom. The molecule has 19 heavy (non-hydrogen) atoms. The average Bonchev–Trinajstić information content (AvgIpc) is 2.40. The van der Waals surface area contributed by atoms with Crippen LogP contribution in [0, 0.1) is 0 Å². The van der Waals surface area contributed by atoms with Crippen molar-refractivity contribution in [3.05, 3.63) is 24.0 Å². The van der Waals surface area contributed by atoms with Crippen LogP contribution < -0.4 is 11.1 Å². The number of carbonyl (C=O) groups excluding carboxylic acids is 1. The minimum Gasteiger partial charge on any atom is -0.477 e. The molecule has 0 spiro atoms. The van der Waals surface area contributed by atoms with Crippen LogP contribution in [0.2, 0.25) is 0 Å². The summed E-state index contributed by atoms with van der Waals surface area (Å²) in [5.74, 6) is -1.09. The number of aromatic carboxylic acids is 1. The molecule has 0 saturated carbocycles. The number of urea groups is 1. The van der Waals surface area contributed by atoms with Crippen LogP contribution in [-0.2, 0) is 0 Å². The fourth-order valence-electron chi connectivity index (χ4n) is 1.90.